The molecule has 0 atom stereocenters. The van der Waals surface area contributed by atoms with Crippen LogP contribution in [-0.4, -0.2) is 34.9 Å². The molecule has 116 valence electrons. The fraction of sp³-hybridized carbons (Fsp3) is 0.231. The van der Waals surface area contributed by atoms with Crippen LogP contribution in [0.2, 0.25) is 0 Å². The van der Waals surface area contributed by atoms with Crippen molar-refractivity contribution in [3.05, 3.63) is 34.6 Å². The number of amides is 1. The Morgan fingerprint density at radius 2 is 2.18 bits per heavy atom. The largest absolute Gasteiger partial charge is 0.465 e. The highest BCUT2D eigenvalue weighted by atomic mass is 32.2. The van der Waals surface area contributed by atoms with Crippen LogP contribution in [0.1, 0.15) is 15.4 Å². The van der Waals surface area contributed by atoms with Crippen molar-refractivity contribution < 1.29 is 18.7 Å². The van der Waals surface area contributed by atoms with E-state index in [1.54, 1.807) is 0 Å². The summed E-state index contributed by atoms with van der Waals surface area (Å²) in [4.78, 5) is 23.2. The third kappa shape index (κ3) is 4.25. The molecule has 0 fully saturated rings. The molecule has 0 saturated heterocycles. The Balaban J connectivity index is 1.98. The molecular formula is C13H12FN3O3S2. The average Bonchev–Trinajstić information content (AvgIpc) is 2.92. The van der Waals surface area contributed by atoms with Crippen LogP contribution in [0.15, 0.2) is 22.5 Å². The zero-order valence-corrected chi connectivity index (χ0v) is 13.4. The van der Waals surface area contributed by atoms with Gasteiger partial charge in [0.1, 0.15) is 10.8 Å². The van der Waals surface area contributed by atoms with Crippen LogP contribution >= 0.6 is 23.1 Å². The lowest BCUT2D eigenvalue weighted by molar-refractivity contribution is -0.113. The van der Waals surface area contributed by atoms with Gasteiger partial charge in [0, 0.05) is 5.69 Å². The van der Waals surface area contributed by atoms with E-state index < -0.39 is 11.8 Å². The van der Waals surface area contributed by atoms with E-state index in [2.05, 4.69) is 20.3 Å². The summed E-state index contributed by atoms with van der Waals surface area (Å²) in [7, 11) is 1.16. The number of methoxy groups -OCH3 is 1. The second-order valence-electron chi connectivity index (χ2n) is 4.11. The number of aryl methyl sites for hydroxylation is 1. The maximum atomic E-state index is 13.5. The molecule has 0 bridgehead atoms. The van der Waals surface area contributed by atoms with Gasteiger partial charge < -0.3 is 10.1 Å². The van der Waals surface area contributed by atoms with Crippen molar-refractivity contribution in [1.82, 2.24) is 10.2 Å². The minimum absolute atomic E-state index is 0.138. The van der Waals surface area contributed by atoms with Crippen LogP contribution in [0, 0.1) is 12.7 Å². The number of carbonyl (C=O) groups excluding carboxylic acids is 2. The van der Waals surface area contributed by atoms with Crippen LogP contribution in [0.3, 0.4) is 0 Å². The van der Waals surface area contributed by atoms with Gasteiger partial charge in [-0.3, -0.25) is 4.79 Å². The Labute approximate surface area is 134 Å². The maximum Gasteiger partial charge on any atom is 0.340 e. The van der Waals surface area contributed by atoms with Gasteiger partial charge in [0.2, 0.25) is 5.91 Å². The number of halogens is 1. The zero-order valence-electron chi connectivity index (χ0n) is 11.8. The molecule has 0 saturated carbocycles. The zero-order chi connectivity index (χ0) is 16.1. The summed E-state index contributed by atoms with van der Waals surface area (Å²) in [6.45, 7) is 1.83. The van der Waals surface area contributed by atoms with Gasteiger partial charge in [-0.1, -0.05) is 23.1 Å². The molecule has 0 unspecified atom stereocenters. The molecule has 0 aliphatic carbocycles. The number of ether oxygens (including phenoxy) is 1. The van der Waals surface area contributed by atoms with E-state index >= 15 is 0 Å². The fourth-order valence-corrected chi connectivity index (χ4v) is 3.15. The first-order valence-electron chi connectivity index (χ1n) is 6.10. The van der Waals surface area contributed by atoms with Crippen molar-refractivity contribution in [2.24, 2.45) is 0 Å². The van der Waals surface area contributed by atoms with Gasteiger partial charge in [-0.15, -0.1) is 10.2 Å². The molecule has 1 aromatic heterocycles. The molecule has 0 aliphatic heterocycles. The number of carbonyl (C=O) groups is 2. The van der Waals surface area contributed by atoms with Crippen LogP contribution in [0.5, 0.6) is 0 Å². The predicted molar refractivity (Wildman–Crippen MR) is 81.7 cm³/mol. The van der Waals surface area contributed by atoms with Gasteiger partial charge in [0.15, 0.2) is 4.34 Å². The summed E-state index contributed by atoms with van der Waals surface area (Å²) >= 11 is 2.65. The number of rotatable bonds is 5. The lowest BCUT2D eigenvalue weighted by atomic mass is 10.2. The van der Waals surface area contributed by atoms with Crippen molar-refractivity contribution in [3.8, 4) is 0 Å². The Bertz CT molecular complexity index is 706. The smallest absolute Gasteiger partial charge is 0.340 e. The molecule has 1 N–H and O–H groups in total. The molecule has 9 heteroatoms. The number of nitrogens with zero attached hydrogens (tertiary/aromatic N) is 2. The van der Waals surface area contributed by atoms with E-state index in [1.165, 1.54) is 35.2 Å². The highest BCUT2D eigenvalue weighted by molar-refractivity contribution is 8.01. The highest BCUT2D eigenvalue weighted by Crippen LogP contribution is 2.22. The van der Waals surface area contributed by atoms with Crippen molar-refractivity contribution in [2.75, 3.05) is 18.2 Å². The lowest BCUT2D eigenvalue weighted by Crippen LogP contribution is -2.15. The number of aromatic nitrogens is 2. The number of thioether (sulfide) groups is 1. The number of nitrogens with one attached hydrogen (secondary N) is 1. The van der Waals surface area contributed by atoms with Crippen molar-refractivity contribution in [2.45, 2.75) is 11.3 Å². The van der Waals surface area contributed by atoms with Gasteiger partial charge in [-0.25, -0.2) is 9.18 Å². The summed E-state index contributed by atoms with van der Waals surface area (Å²) in [5, 5.41) is 11.2. The first-order chi connectivity index (χ1) is 10.5. The average molecular weight is 341 g/mol. The second-order valence-corrected chi connectivity index (χ2v) is 6.51. The molecule has 0 aliphatic rings. The number of hydrogen-bond acceptors (Lipinski definition) is 7. The molecule has 1 heterocycles. The molecule has 2 aromatic rings. The fourth-order valence-electron chi connectivity index (χ4n) is 1.53. The number of esters is 1. The molecule has 22 heavy (non-hydrogen) atoms. The quantitative estimate of drug-likeness (QED) is 0.665. The van der Waals surface area contributed by atoms with E-state index in [0.29, 0.717) is 10.0 Å². The highest BCUT2D eigenvalue weighted by Gasteiger charge is 2.14. The van der Waals surface area contributed by atoms with Crippen LogP contribution in [0.25, 0.3) is 0 Å². The van der Waals surface area contributed by atoms with E-state index in [0.717, 1.165) is 18.2 Å². The van der Waals surface area contributed by atoms with E-state index in [4.69, 9.17) is 0 Å². The summed E-state index contributed by atoms with van der Waals surface area (Å²) in [6, 6.07) is 3.71. The topological polar surface area (TPSA) is 81.2 Å². The summed E-state index contributed by atoms with van der Waals surface area (Å²) in [5.41, 5.74) is 0.0912. The molecule has 1 aromatic carbocycles. The third-order valence-corrected chi connectivity index (χ3v) is 4.46. The maximum absolute atomic E-state index is 13.5. The van der Waals surface area contributed by atoms with Gasteiger partial charge in [-0.2, -0.15) is 0 Å². The molecule has 0 radical (unpaired) electrons. The Hall–Kier alpha value is -2.00. The van der Waals surface area contributed by atoms with E-state index in [-0.39, 0.29) is 17.2 Å². The van der Waals surface area contributed by atoms with Crippen molar-refractivity contribution in [3.63, 3.8) is 0 Å². The first-order valence-corrected chi connectivity index (χ1v) is 7.90. The predicted octanol–water partition coefficient (Wildman–Crippen LogP) is 2.50. The van der Waals surface area contributed by atoms with Gasteiger partial charge in [-0.05, 0) is 25.1 Å². The normalized spacial score (nSPS) is 10.3. The molecule has 1 amide bonds. The Morgan fingerprint density at radius 1 is 1.41 bits per heavy atom. The minimum Gasteiger partial charge on any atom is -0.465 e. The van der Waals surface area contributed by atoms with Crippen LogP contribution in [0.4, 0.5) is 10.1 Å². The molecule has 2 rings (SSSR count). The summed E-state index contributed by atoms with van der Waals surface area (Å²) < 4.78 is 18.7. The van der Waals surface area contributed by atoms with E-state index in [9.17, 15) is 14.0 Å². The summed E-state index contributed by atoms with van der Waals surface area (Å²) in [5.74, 6) is -1.66. The standard InChI is InChI=1S/C13H12FN3O3S2/c1-7-16-17-13(22-7)21-6-11(18)15-8-3-4-10(14)9(5-8)12(19)20-2/h3-5H,6H2,1-2H3,(H,15,18). The van der Waals surface area contributed by atoms with Gasteiger partial charge in [0.25, 0.3) is 0 Å². The number of anilines is 1. The van der Waals surface area contributed by atoms with Gasteiger partial charge in [0.05, 0.1) is 18.4 Å². The lowest BCUT2D eigenvalue weighted by Gasteiger charge is -2.07. The molecule has 6 nitrogen and oxygen atoms in total. The molecule has 0 spiro atoms. The van der Waals surface area contributed by atoms with Crippen molar-refractivity contribution in [1.29, 1.82) is 0 Å². The minimum atomic E-state index is -0.799. The van der Waals surface area contributed by atoms with Crippen molar-refractivity contribution >= 4 is 40.7 Å². The van der Waals surface area contributed by atoms with Crippen LogP contribution < -0.4 is 5.32 Å². The second kappa shape index (κ2) is 7.32. The number of hydrogen-bond donors (Lipinski definition) is 1. The third-order valence-electron chi connectivity index (χ3n) is 2.49. The first kappa shape index (κ1) is 16.4. The summed E-state index contributed by atoms with van der Waals surface area (Å²) in [6.07, 6.45) is 0. The Kier molecular flexibility index (Phi) is 5.45. The monoisotopic (exact) mass is 341 g/mol. The van der Waals surface area contributed by atoms with Crippen LogP contribution in [-0.2, 0) is 9.53 Å². The number of benzene rings is 1. The van der Waals surface area contributed by atoms with E-state index in [1.807, 2.05) is 6.92 Å². The van der Waals surface area contributed by atoms with Gasteiger partial charge >= 0.3 is 5.97 Å². The molecular weight excluding hydrogens is 329 g/mol. The Morgan fingerprint density at radius 3 is 2.82 bits per heavy atom. The SMILES string of the molecule is COC(=O)c1cc(NC(=O)CSc2nnc(C)s2)ccc1F.